The van der Waals surface area contributed by atoms with Crippen LogP contribution in [-0.2, 0) is 5.41 Å². The van der Waals surface area contributed by atoms with E-state index in [-0.39, 0.29) is 5.41 Å². The third-order valence-corrected chi connectivity index (χ3v) is 5.94. The second-order valence-electron chi connectivity index (χ2n) is 7.44. The van der Waals surface area contributed by atoms with Crippen LogP contribution < -0.4 is 5.32 Å². The molecule has 1 spiro atoms. The highest BCUT2D eigenvalue weighted by atomic mass is 16.1. The van der Waals surface area contributed by atoms with Gasteiger partial charge in [0.2, 0.25) is 0 Å². The Labute approximate surface area is 146 Å². The van der Waals surface area contributed by atoms with Crippen molar-refractivity contribution < 1.29 is 4.79 Å². The van der Waals surface area contributed by atoms with Crippen molar-refractivity contribution in [1.29, 1.82) is 0 Å². The molecule has 0 atom stereocenters. The SMILES string of the molecule is Cc1ccc2c(-c3ccc4c(c3)C3(CCNCC3)CC4=O)c[nH]c2n1. The predicted octanol–water partition coefficient (Wildman–Crippen LogP) is 3.75. The van der Waals surface area contributed by atoms with Crippen LogP contribution in [0.4, 0.5) is 0 Å². The van der Waals surface area contributed by atoms with E-state index >= 15 is 0 Å². The summed E-state index contributed by atoms with van der Waals surface area (Å²) >= 11 is 0. The average Bonchev–Trinajstić information content (AvgIpc) is 3.15. The summed E-state index contributed by atoms with van der Waals surface area (Å²) in [5.74, 6) is 0.305. The maximum absolute atomic E-state index is 12.6. The van der Waals surface area contributed by atoms with Gasteiger partial charge in [0.15, 0.2) is 5.78 Å². The molecule has 0 amide bonds. The van der Waals surface area contributed by atoms with E-state index < -0.39 is 0 Å². The Morgan fingerprint density at radius 2 is 1.92 bits per heavy atom. The lowest BCUT2D eigenvalue weighted by Crippen LogP contribution is -2.38. The van der Waals surface area contributed by atoms with Gasteiger partial charge in [0.1, 0.15) is 5.65 Å². The van der Waals surface area contributed by atoms with Crippen molar-refractivity contribution in [3.05, 3.63) is 53.3 Å². The van der Waals surface area contributed by atoms with Crippen molar-refractivity contribution >= 4 is 16.8 Å². The van der Waals surface area contributed by atoms with Crippen LogP contribution in [-0.4, -0.2) is 28.8 Å². The number of nitrogens with zero attached hydrogens (tertiary/aromatic N) is 1. The van der Waals surface area contributed by atoms with Gasteiger partial charge in [-0.15, -0.1) is 0 Å². The highest BCUT2D eigenvalue weighted by Crippen LogP contribution is 2.46. The van der Waals surface area contributed by atoms with E-state index in [9.17, 15) is 4.79 Å². The number of rotatable bonds is 1. The van der Waals surface area contributed by atoms with Gasteiger partial charge < -0.3 is 10.3 Å². The Morgan fingerprint density at radius 3 is 2.76 bits per heavy atom. The summed E-state index contributed by atoms with van der Waals surface area (Å²) in [7, 11) is 0. The van der Waals surface area contributed by atoms with Crippen LogP contribution in [0.3, 0.4) is 0 Å². The van der Waals surface area contributed by atoms with E-state index in [0.717, 1.165) is 53.8 Å². The molecule has 126 valence electrons. The minimum absolute atomic E-state index is 0.0363. The summed E-state index contributed by atoms with van der Waals surface area (Å²) in [6.45, 7) is 3.99. The molecule has 4 heteroatoms. The quantitative estimate of drug-likeness (QED) is 0.714. The van der Waals surface area contributed by atoms with Gasteiger partial charge in [-0.2, -0.15) is 0 Å². The molecule has 0 saturated carbocycles. The molecule has 1 aliphatic carbocycles. The summed E-state index contributed by atoms with van der Waals surface area (Å²) < 4.78 is 0. The average molecular weight is 331 g/mol. The van der Waals surface area contributed by atoms with E-state index in [1.807, 2.05) is 25.3 Å². The fourth-order valence-electron chi connectivity index (χ4n) is 4.58. The molecule has 2 aliphatic rings. The van der Waals surface area contributed by atoms with E-state index in [1.165, 1.54) is 11.1 Å². The molecule has 1 fully saturated rings. The number of piperidine rings is 1. The number of hydrogen-bond donors (Lipinski definition) is 2. The summed E-state index contributed by atoms with van der Waals surface area (Å²) in [4.78, 5) is 20.4. The standard InChI is InChI=1S/C21H21N3O/c1-13-2-4-15-17(12-23-20(15)24-13)14-3-5-16-18(10-14)21(11-19(16)25)6-8-22-9-7-21/h2-5,10,12,22H,6-9,11H2,1H3,(H,23,24). The normalized spacial score (nSPS) is 18.8. The summed E-state index contributed by atoms with van der Waals surface area (Å²) in [5, 5.41) is 4.56. The van der Waals surface area contributed by atoms with E-state index in [2.05, 4.69) is 33.5 Å². The Balaban J connectivity index is 1.67. The number of aryl methyl sites for hydroxylation is 1. The van der Waals surface area contributed by atoms with Crippen LogP contribution >= 0.6 is 0 Å². The van der Waals surface area contributed by atoms with Crippen LogP contribution in [0.15, 0.2) is 36.5 Å². The van der Waals surface area contributed by atoms with Gasteiger partial charge >= 0.3 is 0 Å². The molecular formula is C21H21N3O. The van der Waals surface area contributed by atoms with Crippen LogP contribution in [0.2, 0.25) is 0 Å². The topological polar surface area (TPSA) is 57.8 Å². The van der Waals surface area contributed by atoms with Crippen LogP contribution in [0.25, 0.3) is 22.2 Å². The van der Waals surface area contributed by atoms with Gasteiger partial charge in [0.05, 0.1) is 0 Å². The number of aromatic amines is 1. The van der Waals surface area contributed by atoms with Gasteiger partial charge in [-0.25, -0.2) is 4.98 Å². The zero-order chi connectivity index (χ0) is 17.0. The predicted molar refractivity (Wildman–Crippen MR) is 99.0 cm³/mol. The van der Waals surface area contributed by atoms with Crippen molar-refractivity contribution in [2.24, 2.45) is 0 Å². The lowest BCUT2D eigenvalue weighted by molar-refractivity contribution is 0.0964. The molecule has 1 aliphatic heterocycles. The zero-order valence-electron chi connectivity index (χ0n) is 14.4. The molecule has 1 saturated heterocycles. The summed E-state index contributed by atoms with van der Waals surface area (Å²) in [6, 6.07) is 10.5. The first-order valence-electron chi connectivity index (χ1n) is 9.00. The van der Waals surface area contributed by atoms with Crippen molar-refractivity contribution in [3.8, 4) is 11.1 Å². The van der Waals surface area contributed by atoms with Gasteiger partial charge in [0.25, 0.3) is 0 Å². The van der Waals surface area contributed by atoms with Gasteiger partial charge in [0, 0.05) is 40.2 Å². The molecule has 5 rings (SSSR count). The zero-order valence-corrected chi connectivity index (χ0v) is 14.4. The molecule has 25 heavy (non-hydrogen) atoms. The number of aromatic nitrogens is 2. The summed E-state index contributed by atoms with van der Waals surface area (Å²) in [6.07, 6.45) is 4.79. The number of fused-ring (bicyclic) bond motifs is 3. The number of Topliss-reactive ketones (excluding diaryl/α,β-unsaturated/α-hetero) is 1. The molecular weight excluding hydrogens is 310 g/mol. The Kier molecular flexibility index (Phi) is 3.13. The monoisotopic (exact) mass is 331 g/mol. The van der Waals surface area contributed by atoms with Crippen molar-refractivity contribution in [2.75, 3.05) is 13.1 Å². The second kappa shape index (κ2) is 5.27. The number of hydrogen-bond acceptors (Lipinski definition) is 3. The Morgan fingerprint density at radius 1 is 1.08 bits per heavy atom. The molecule has 3 heterocycles. The minimum atomic E-state index is 0.0363. The third-order valence-electron chi connectivity index (χ3n) is 5.94. The molecule has 2 N–H and O–H groups in total. The molecule has 2 aromatic heterocycles. The maximum Gasteiger partial charge on any atom is 0.164 e. The Bertz CT molecular complexity index is 996. The van der Waals surface area contributed by atoms with E-state index in [0.29, 0.717) is 12.2 Å². The number of ketones is 1. The van der Waals surface area contributed by atoms with Gasteiger partial charge in [-0.3, -0.25) is 4.79 Å². The molecule has 4 nitrogen and oxygen atoms in total. The number of H-pyrrole nitrogens is 1. The van der Waals surface area contributed by atoms with Crippen LogP contribution in [0, 0.1) is 6.92 Å². The van der Waals surface area contributed by atoms with Crippen LogP contribution in [0.1, 0.15) is 40.9 Å². The first kappa shape index (κ1) is 14.8. The number of carbonyl (C=O) groups excluding carboxylic acids is 1. The molecule has 0 unspecified atom stereocenters. The summed E-state index contributed by atoms with van der Waals surface area (Å²) in [5.41, 5.74) is 6.48. The maximum atomic E-state index is 12.6. The smallest absolute Gasteiger partial charge is 0.164 e. The fourth-order valence-corrected chi connectivity index (χ4v) is 4.58. The lowest BCUT2D eigenvalue weighted by atomic mass is 9.74. The van der Waals surface area contributed by atoms with Crippen LogP contribution in [0.5, 0.6) is 0 Å². The molecule has 1 aromatic carbocycles. The number of carbonyl (C=O) groups is 1. The lowest BCUT2D eigenvalue weighted by Gasteiger charge is -2.34. The molecule has 3 aromatic rings. The first-order chi connectivity index (χ1) is 12.2. The number of nitrogens with one attached hydrogen (secondary N) is 2. The van der Waals surface area contributed by atoms with Crippen molar-refractivity contribution in [1.82, 2.24) is 15.3 Å². The fraction of sp³-hybridized carbons (Fsp3) is 0.333. The Hall–Kier alpha value is -2.46. The highest BCUT2D eigenvalue weighted by molar-refractivity contribution is 6.03. The highest BCUT2D eigenvalue weighted by Gasteiger charge is 2.43. The minimum Gasteiger partial charge on any atom is -0.346 e. The number of pyridine rings is 1. The van der Waals surface area contributed by atoms with Crippen molar-refractivity contribution in [3.63, 3.8) is 0 Å². The van der Waals surface area contributed by atoms with E-state index in [4.69, 9.17) is 0 Å². The third kappa shape index (κ3) is 2.17. The van der Waals surface area contributed by atoms with Gasteiger partial charge in [-0.1, -0.05) is 12.1 Å². The first-order valence-corrected chi connectivity index (χ1v) is 9.00. The molecule has 0 bridgehead atoms. The largest absolute Gasteiger partial charge is 0.346 e. The van der Waals surface area contributed by atoms with E-state index in [1.54, 1.807) is 0 Å². The number of benzene rings is 1. The van der Waals surface area contributed by atoms with Crippen molar-refractivity contribution in [2.45, 2.75) is 31.6 Å². The second-order valence-corrected chi connectivity index (χ2v) is 7.44. The van der Waals surface area contributed by atoms with Gasteiger partial charge in [-0.05, 0) is 62.2 Å². The molecule has 0 radical (unpaired) electrons.